The van der Waals surface area contributed by atoms with Crippen LogP contribution in [0.5, 0.6) is 0 Å². The first-order chi connectivity index (χ1) is 36.8. The Morgan fingerprint density at radius 3 is 1.67 bits per heavy atom. The van der Waals surface area contributed by atoms with E-state index in [0.29, 0.717) is 44.8 Å². The lowest BCUT2D eigenvalue weighted by atomic mass is 9.95. The molecule has 1 aliphatic heterocycles. The fourth-order valence-corrected chi connectivity index (χ4v) is 8.86. The summed E-state index contributed by atoms with van der Waals surface area (Å²) in [5, 5.41) is 27.8. The van der Waals surface area contributed by atoms with Gasteiger partial charge in [0.15, 0.2) is 11.6 Å². The van der Waals surface area contributed by atoms with Gasteiger partial charge in [0.25, 0.3) is 5.91 Å². The molecule has 5 atom stereocenters. The van der Waals surface area contributed by atoms with Gasteiger partial charge in [0.05, 0.1) is 0 Å². The van der Waals surface area contributed by atoms with E-state index in [1.807, 2.05) is 41.5 Å². The molecule has 448 valence electrons. The Kier molecular flexibility index (Phi) is 28.7. The van der Waals surface area contributed by atoms with Crippen molar-refractivity contribution in [2.45, 2.75) is 221 Å². The highest BCUT2D eigenvalue weighted by Gasteiger charge is 2.41. The number of likely N-dealkylation sites (N-methyl/N-ethyl adjacent to an activating group) is 1. The molecule has 10 amide bonds. The van der Waals surface area contributed by atoms with Crippen LogP contribution in [0.3, 0.4) is 0 Å². The predicted molar refractivity (Wildman–Crippen MR) is 300 cm³/mol. The van der Waals surface area contributed by atoms with Crippen LogP contribution in [-0.4, -0.2) is 143 Å². The van der Waals surface area contributed by atoms with Gasteiger partial charge in [-0.25, -0.2) is 4.98 Å². The molecule has 0 radical (unpaired) electrons. The van der Waals surface area contributed by atoms with E-state index in [9.17, 15) is 47.9 Å². The normalized spacial score (nSPS) is 15.4. The van der Waals surface area contributed by atoms with Crippen LogP contribution in [0.15, 0.2) is 10.7 Å². The van der Waals surface area contributed by atoms with Crippen LogP contribution in [0.2, 0.25) is 0 Å². The topological polar surface area (TPSA) is 320 Å². The number of carbonyl (C=O) groups excluding carboxylic acids is 10. The van der Waals surface area contributed by atoms with Gasteiger partial charge in [-0.3, -0.25) is 47.9 Å². The number of nitrogens with one attached hydrogen (secondary N) is 10. The second-order valence-electron chi connectivity index (χ2n) is 23.8. The maximum Gasteiger partial charge on any atom is 0.277 e. The van der Waals surface area contributed by atoms with Gasteiger partial charge < -0.3 is 62.5 Å². The molecule has 0 unspecified atom stereocenters. The molecule has 1 saturated heterocycles. The number of oxazole rings is 1. The second kappa shape index (κ2) is 32.8. The van der Waals surface area contributed by atoms with E-state index < -0.39 is 100.0 Å². The average Bonchev–Trinajstić information content (AvgIpc) is 4.00. The molecule has 0 aliphatic carbocycles. The largest absolute Gasteiger partial charge is 0.448 e. The van der Waals surface area contributed by atoms with Crippen molar-refractivity contribution in [1.29, 1.82) is 0 Å². The molecular formula is C56H98N12O11. The number of hydrogen-bond donors (Lipinski definition) is 10. The van der Waals surface area contributed by atoms with E-state index in [1.165, 1.54) is 52.7 Å². The summed E-state index contributed by atoms with van der Waals surface area (Å²) in [4.78, 5) is 143. The van der Waals surface area contributed by atoms with Crippen molar-refractivity contribution in [3.8, 4) is 0 Å². The Morgan fingerprint density at radius 1 is 0.620 bits per heavy atom. The minimum absolute atomic E-state index is 0.0321. The zero-order valence-electron chi connectivity index (χ0n) is 50.1. The molecule has 23 heteroatoms. The van der Waals surface area contributed by atoms with Crippen LogP contribution in [-0.2, 0) is 43.2 Å². The van der Waals surface area contributed by atoms with E-state index in [0.717, 1.165) is 32.1 Å². The fraction of sp³-hybridized carbons (Fsp3) is 0.768. The van der Waals surface area contributed by atoms with Gasteiger partial charge in [0.1, 0.15) is 53.1 Å². The van der Waals surface area contributed by atoms with Crippen LogP contribution in [0, 0.1) is 30.6 Å². The maximum absolute atomic E-state index is 14.3. The molecule has 10 N–H and O–H groups in total. The third-order valence-corrected chi connectivity index (χ3v) is 13.5. The standard InChI is InChI=1S/C56H98N12O11/c1-16-17-18-19-20-21-23-38(46(71)64-43-24-22-29-68(43)50(75)42-33-79-37(8)60-42)45(70)61-40(31-35(4)5)48(73)65-55(11,12)52(77)63-39(30-34(2)3)47(72)62-41(32-36(6)7)49(74)66-56(13,14)53(78)67-54(9,10)51(76)59-26-25-44(69)58-28-27-57-15/h33-36,38-41,43,57H,16-32H2,1-15H3,(H,58,69)(H,59,76)(H,61,70)(H,62,72)(H,63,77)(H,64,71)(H,65,73)(H,66,74)(H,67,78)/t38-,39-,40-,41-,43-/m0/s1. The molecule has 23 nitrogen and oxygen atoms in total. The van der Waals surface area contributed by atoms with E-state index in [4.69, 9.17) is 4.42 Å². The van der Waals surface area contributed by atoms with Gasteiger partial charge in [0.2, 0.25) is 53.2 Å². The van der Waals surface area contributed by atoms with Crippen molar-refractivity contribution in [3.63, 3.8) is 0 Å². The SMILES string of the molecule is CCCCCCCC[C@@H](C(=O)N[C@@H](CC(C)C)C(=O)NC(C)(C)C(=O)N[C@@H](CC(C)C)C(=O)N[C@@H](CC(C)C)C(=O)NC(C)(C)C(=O)NC(C)(C)C(=O)NCCC(=O)NCCNC)C(=O)N[C@@H]1CCCN1C(=O)c1coc(C)n1. The summed E-state index contributed by atoms with van der Waals surface area (Å²) in [7, 11) is 1.76. The van der Waals surface area contributed by atoms with Gasteiger partial charge in [-0.05, 0) is 105 Å². The monoisotopic (exact) mass is 1110 g/mol. The number of nitrogens with zero attached hydrogens (tertiary/aromatic N) is 2. The summed E-state index contributed by atoms with van der Waals surface area (Å²) in [6.07, 6.45) is 7.79. The van der Waals surface area contributed by atoms with E-state index in [-0.39, 0.29) is 68.0 Å². The molecule has 1 fully saturated rings. The van der Waals surface area contributed by atoms with Crippen LogP contribution < -0.4 is 53.2 Å². The fourth-order valence-electron chi connectivity index (χ4n) is 8.86. The molecule has 0 saturated carbocycles. The molecule has 79 heavy (non-hydrogen) atoms. The van der Waals surface area contributed by atoms with E-state index >= 15 is 0 Å². The first-order valence-corrected chi connectivity index (χ1v) is 28.5. The highest BCUT2D eigenvalue weighted by molar-refractivity contribution is 6.03. The van der Waals surface area contributed by atoms with Crippen LogP contribution in [0.1, 0.15) is 190 Å². The number of hydrogen-bond acceptors (Lipinski definition) is 13. The summed E-state index contributed by atoms with van der Waals surface area (Å²) < 4.78 is 5.25. The first-order valence-electron chi connectivity index (χ1n) is 28.5. The summed E-state index contributed by atoms with van der Waals surface area (Å²) in [5.74, 6) is -7.16. The lowest BCUT2D eigenvalue weighted by Gasteiger charge is -2.33. The van der Waals surface area contributed by atoms with Crippen molar-refractivity contribution in [2.75, 3.05) is 33.2 Å². The number of likely N-dealkylation sites (tertiary alicyclic amines) is 1. The number of aromatic nitrogens is 1. The quantitative estimate of drug-likeness (QED) is 0.0346. The third kappa shape index (κ3) is 24.0. The van der Waals surface area contributed by atoms with Crippen molar-refractivity contribution < 1.29 is 52.4 Å². The summed E-state index contributed by atoms with van der Waals surface area (Å²) in [6, 6.07) is -3.51. The zero-order valence-corrected chi connectivity index (χ0v) is 50.1. The molecule has 0 spiro atoms. The van der Waals surface area contributed by atoms with Crippen molar-refractivity contribution in [2.24, 2.45) is 23.7 Å². The minimum Gasteiger partial charge on any atom is -0.448 e. The van der Waals surface area contributed by atoms with Gasteiger partial charge >= 0.3 is 0 Å². The van der Waals surface area contributed by atoms with E-state index in [1.54, 1.807) is 14.0 Å². The smallest absolute Gasteiger partial charge is 0.277 e. The molecular weight excluding hydrogens is 1020 g/mol. The van der Waals surface area contributed by atoms with Crippen LogP contribution >= 0.6 is 0 Å². The number of rotatable bonds is 35. The molecule has 2 rings (SSSR count). The Morgan fingerprint density at radius 2 is 1.14 bits per heavy atom. The number of amides is 10. The lowest BCUT2D eigenvalue weighted by Crippen LogP contribution is -2.65. The minimum atomic E-state index is -1.65. The number of unbranched alkanes of at least 4 members (excludes halogenated alkanes) is 5. The molecule has 0 aromatic carbocycles. The maximum atomic E-state index is 14.3. The Bertz CT molecular complexity index is 2210. The van der Waals surface area contributed by atoms with Crippen LogP contribution in [0.4, 0.5) is 0 Å². The number of carbonyl (C=O) groups is 10. The van der Waals surface area contributed by atoms with Crippen molar-refractivity contribution in [1.82, 2.24) is 63.1 Å². The highest BCUT2D eigenvalue weighted by atomic mass is 16.3. The zero-order chi connectivity index (χ0) is 59.8. The Labute approximate surface area is 469 Å². The Hall–Kier alpha value is -6.13. The molecule has 2 heterocycles. The van der Waals surface area contributed by atoms with Gasteiger partial charge in [-0.1, -0.05) is 87.0 Å². The van der Waals surface area contributed by atoms with Crippen molar-refractivity contribution in [3.05, 3.63) is 17.8 Å². The average molecular weight is 1120 g/mol. The number of aryl methyl sites for hydroxylation is 1. The molecule has 0 bridgehead atoms. The first kappa shape index (κ1) is 69.0. The Balaban J connectivity index is 2.25. The van der Waals surface area contributed by atoms with Crippen LogP contribution in [0.25, 0.3) is 0 Å². The summed E-state index contributed by atoms with van der Waals surface area (Å²) in [5.41, 5.74) is -4.56. The second-order valence-corrected chi connectivity index (χ2v) is 23.8. The lowest BCUT2D eigenvalue weighted by molar-refractivity contribution is -0.140. The summed E-state index contributed by atoms with van der Waals surface area (Å²) in [6.45, 7) is 25.1. The van der Waals surface area contributed by atoms with Gasteiger partial charge in [0, 0.05) is 39.5 Å². The molecule has 1 aliphatic rings. The van der Waals surface area contributed by atoms with E-state index in [2.05, 4.69) is 65.1 Å². The van der Waals surface area contributed by atoms with Gasteiger partial charge in [-0.2, -0.15) is 0 Å². The summed E-state index contributed by atoms with van der Waals surface area (Å²) >= 11 is 0. The highest BCUT2D eigenvalue weighted by Crippen LogP contribution is 2.22. The predicted octanol–water partition coefficient (Wildman–Crippen LogP) is 3.15. The molecule has 1 aromatic heterocycles. The van der Waals surface area contributed by atoms with Gasteiger partial charge in [-0.15, -0.1) is 0 Å². The molecule has 1 aromatic rings. The van der Waals surface area contributed by atoms with Crippen molar-refractivity contribution >= 4 is 59.1 Å². The third-order valence-electron chi connectivity index (χ3n) is 13.5.